The first kappa shape index (κ1) is 20.1. The molecule has 1 aliphatic heterocycles. The average Bonchev–Trinajstić information content (AvgIpc) is 2.61. The molecule has 2 aromatic rings. The maximum Gasteiger partial charge on any atom is 0.199 e. The summed E-state index contributed by atoms with van der Waals surface area (Å²) in [6.07, 6.45) is 3.45. The smallest absolute Gasteiger partial charge is 0.199 e. The molecule has 2 heterocycles. The highest BCUT2D eigenvalue weighted by atomic mass is 32.2. The van der Waals surface area contributed by atoms with Crippen molar-refractivity contribution in [3.05, 3.63) is 39.5 Å². The maximum atomic E-state index is 12.8. The van der Waals surface area contributed by atoms with Crippen molar-refractivity contribution in [2.45, 2.75) is 64.7 Å². The van der Waals surface area contributed by atoms with Crippen molar-refractivity contribution >= 4 is 27.8 Å². The number of nitrogens with one attached hydrogen (secondary N) is 1. The minimum Gasteiger partial charge on any atom is -0.440 e. The van der Waals surface area contributed by atoms with Crippen molar-refractivity contribution in [2.75, 3.05) is 18.0 Å². The third-order valence-electron chi connectivity index (χ3n) is 4.96. The Balaban J connectivity index is 2.06. The van der Waals surface area contributed by atoms with E-state index in [4.69, 9.17) is 4.42 Å². The van der Waals surface area contributed by atoms with Crippen molar-refractivity contribution in [1.82, 2.24) is 4.72 Å². The quantitative estimate of drug-likeness (QED) is 0.850. The lowest BCUT2D eigenvalue weighted by atomic mass is 10.0. The van der Waals surface area contributed by atoms with Crippen molar-refractivity contribution in [3.63, 3.8) is 0 Å². The largest absolute Gasteiger partial charge is 0.440 e. The van der Waals surface area contributed by atoms with Crippen LogP contribution < -0.4 is 15.1 Å². The minimum atomic E-state index is -1.21. The number of fused-ring (bicyclic) bond motifs is 1. The second kappa shape index (κ2) is 7.76. The van der Waals surface area contributed by atoms with E-state index in [9.17, 15) is 9.00 Å². The van der Waals surface area contributed by atoms with Crippen LogP contribution in [0.15, 0.2) is 27.4 Å². The van der Waals surface area contributed by atoms with Crippen LogP contribution >= 0.6 is 0 Å². The summed E-state index contributed by atoms with van der Waals surface area (Å²) in [5, 5.41) is 0.584. The highest BCUT2D eigenvalue weighted by Gasteiger charge is 2.24. The number of aryl methyl sites for hydroxylation is 1. The highest BCUT2D eigenvalue weighted by molar-refractivity contribution is 7.84. The van der Waals surface area contributed by atoms with Gasteiger partial charge >= 0.3 is 0 Å². The Morgan fingerprint density at radius 1 is 1.15 bits per heavy atom. The Labute approximate surface area is 163 Å². The number of piperidine rings is 1. The van der Waals surface area contributed by atoms with E-state index in [-0.39, 0.29) is 16.2 Å². The molecule has 1 saturated heterocycles. The van der Waals surface area contributed by atoms with Gasteiger partial charge in [0.1, 0.15) is 5.58 Å². The molecule has 2 unspecified atom stereocenters. The van der Waals surface area contributed by atoms with Gasteiger partial charge < -0.3 is 9.32 Å². The van der Waals surface area contributed by atoms with Gasteiger partial charge in [0.15, 0.2) is 11.3 Å². The lowest BCUT2D eigenvalue weighted by molar-refractivity contribution is 0.509. The Morgan fingerprint density at radius 3 is 2.44 bits per heavy atom. The van der Waals surface area contributed by atoms with Crippen LogP contribution in [-0.2, 0) is 11.0 Å². The molecule has 1 fully saturated rings. The lowest BCUT2D eigenvalue weighted by Gasteiger charge is -2.27. The van der Waals surface area contributed by atoms with E-state index in [2.05, 4.69) is 9.62 Å². The Morgan fingerprint density at radius 2 is 1.81 bits per heavy atom. The molecule has 2 atom stereocenters. The lowest BCUT2D eigenvalue weighted by Crippen LogP contribution is -2.35. The maximum absolute atomic E-state index is 12.8. The molecule has 1 N–H and O–H groups in total. The number of rotatable bonds is 4. The van der Waals surface area contributed by atoms with Crippen molar-refractivity contribution in [3.8, 4) is 0 Å². The molecule has 0 amide bonds. The van der Waals surface area contributed by atoms with Gasteiger partial charge in [-0.05, 0) is 65.5 Å². The topological polar surface area (TPSA) is 62.6 Å². The van der Waals surface area contributed by atoms with E-state index in [0.717, 1.165) is 37.1 Å². The van der Waals surface area contributed by atoms with Crippen LogP contribution in [0.2, 0.25) is 0 Å². The summed E-state index contributed by atoms with van der Waals surface area (Å²) in [6.45, 7) is 11.6. The van der Waals surface area contributed by atoms with Crippen LogP contribution in [0.4, 0.5) is 5.88 Å². The fourth-order valence-electron chi connectivity index (χ4n) is 3.41. The van der Waals surface area contributed by atoms with Gasteiger partial charge in [0, 0.05) is 30.8 Å². The third kappa shape index (κ3) is 4.43. The monoisotopic (exact) mass is 390 g/mol. The molecule has 0 spiro atoms. The number of nitrogens with zero attached hydrogens (tertiary/aromatic N) is 1. The molecule has 0 bridgehead atoms. The van der Waals surface area contributed by atoms with Gasteiger partial charge in [0.2, 0.25) is 0 Å². The Hall–Kier alpha value is -1.66. The van der Waals surface area contributed by atoms with Crippen LogP contribution in [0.3, 0.4) is 0 Å². The van der Waals surface area contributed by atoms with E-state index < -0.39 is 11.0 Å². The molecule has 0 saturated carbocycles. The van der Waals surface area contributed by atoms with Gasteiger partial charge in [0.25, 0.3) is 0 Å². The number of hydrogen-bond donors (Lipinski definition) is 1. The van der Waals surface area contributed by atoms with E-state index in [0.29, 0.717) is 16.9 Å². The van der Waals surface area contributed by atoms with Crippen LogP contribution in [0, 0.1) is 6.92 Å². The number of hydrogen-bond acceptors (Lipinski definition) is 4. The third-order valence-corrected chi connectivity index (χ3v) is 6.64. The number of anilines is 1. The summed E-state index contributed by atoms with van der Waals surface area (Å²) in [6, 6.07) is 5.30. The van der Waals surface area contributed by atoms with Crippen LogP contribution in [0.1, 0.15) is 64.1 Å². The van der Waals surface area contributed by atoms with Gasteiger partial charge in [-0.15, -0.1) is 0 Å². The summed E-state index contributed by atoms with van der Waals surface area (Å²) in [4.78, 5) is 14.9. The van der Waals surface area contributed by atoms with Crippen molar-refractivity contribution < 1.29 is 8.63 Å². The molecule has 1 aromatic carbocycles. The summed E-state index contributed by atoms with van der Waals surface area (Å²) >= 11 is 0. The highest BCUT2D eigenvalue weighted by Crippen LogP contribution is 2.29. The summed E-state index contributed by atoms with van der Waals surface area (Å²) in [5.41, 5.74) is 2.44. The second-order valence-corrected chi connectivity index (χ2v) is 10.4. The van der Waals surface area contributed by atoms with Crippen LogP contribution in [-0.4, -0.2) is 22.0 Å². The molecule has 1 aromatic heterocycles. The van der Waals surface area contributed by atoms with E-state index >= 15 is 0 Å². The fraction of sp³-hybridized carbons (Fsp3) is 0.571. The minimum absolute atomic E-state index is 0.0223. The molecular formula is C21H30N2O3S. The standard InChI is InChI=1S/C21H30N2O3S/c1-14-11-16(15(2)22-27(25)21(3,4)5)20-17(12-14)18(24)13-19(26-20)23-9-7-6-8-10-23/h11-13,15,22H,6-10H2,1-5H3. The van der Waals surface area contributed by atoms with Gasteiger partial charge in [-0.25, -0.2) is 8.93 Å². The summed E-state index contributed by atoms with van der Waals surface area (Å²) in [5.74, 6) is 0.640. The Bertz CT molecular complexity index is 908. The first-order valence-electron chi connectivity index (χ1n) is 9.68. The summed E-state index contributed by atoms with van der Waals surface area (Å²) < 4.78 is 21.6. The number of benzene rings is 1. The zero-order chi connectivity index (χ0) is 19.8. The second-order valence-electron chi connectivity index (χ2n) is 8.45. The zero-order valence-electron chi connectivity index (χ0n) is 16.9. The van der Waals surface area contributed by atoms with E-state index in [1.165, 1.54) is 6.42 Å². The van der Waals surface area contributed by atoms with E-state index in [1.807, 2.05) is 46.8 Å². The predicted octanol–water partition coefficient (Wildman–Crippen LogP) is 4.20. The van der Waals surface area contributed by atoms with Crippen LogP contribution in [0.25, 0.3) is 11.0 Å². The van der Waals surface area contributed by atoms with Gasteiger partial charge in [-0.1, -0.05) is 6.07 Å². The SMILES string of the molecule is Cc1cc(C(C)NS(=O)C(C)(C)C)c2oc(N3CCCCC3)cc(=O)c2c1. The molecule has 0 radical (unpaired) electrons. The van der Waals surface area contributed by atoms with Gasteiger partial charge in [-0.2, -0.15) is 0 Å². The Kier molecular flexibility index (Phi) is 5.77. The van der Waals surface area contributed by atoms with Gasteiger partial charge in [0.05, 0.1) is 21.1 Å². The van der Waals surface area contributed by atoms with Gasteiger partial charge in [-0.3, -0.25) is 4.79 Å². The first-order chi connectivity index (χ1) is 12.7. The first-order valence-corrected chi connectivity index (χ1v) is 10.8. The fourth-order valence-corrected chi connectivity index (χ4v) is 4.22. The summed E-state index contributed by atoms with van der Waals surface area (Å²) in [7, 11) is -1.21. The molecule has 148 valence electrons. The molecule has 1 aliphatic rings. The molecule has 3 rings (SSSR count). The van der Waals surface area contributed by atoms with E-state index in [1.54, 1.807) is 6.07 Å². The molecular weight excluding hydrogens is 360 g/mol. The average molecular weight is 391 g/mol. The predicted molar refractivity (Wildman–Crippen MR) is 113 cm³/mol. The molecule has 0 aliphatic carbocycles. The normalized spacial score (nSPS) is 17.9. The van der Waals surface area contributed by atoms with Crippen molar-refractivity contribution in [1.29, 1.82) is 0 Å². The van der Waals surface area contributed by atoms with Crippen LogP contribution in [0.5, 0.6) is 0 Å². The zero-order valence-corrected chi connectivity index (χ0v) is 17.7. The van der Waals surface area contributed by atoms with Crippen molar-refractivity contribution in [2.24, 2.45) is 0 Å². The molecule has 27 heavy (non-hydrogen) atoms. The molecule has 6 heteroatoms. The molecule has 5 nitrogen and oxygen atoms in total.